The summed E-state index contributed by atoms with van der Waals surface area (Å²) < 4.78 is 16.6. The molecule has 2 aromatic rings. The lowest BCUT2D eigenvalue weighted by Gasteiger charge is -2.21. The zero-order valence-electron chi connectivity index (χ0n) is 15.3. The maximum atomic E-state index is 13.0. The molecule has 0 fully saturated rings. The molecule has 1 aliphatic rings. The van der Waals surface area contributed by atoms with Crippen molar-refractivity contribution < 1.29 is 24.1 Å². The monoisotopic (exact) mass is 372 g/mol. The van der Waals surface area contributed by atoms with Crippen LogP contribution in [0.25, 0.3) is 0 Å². The van der Waals surface area contributed by atoms with Gasteiger partial charge in [-0.2, -0.15) is 0 Å². The molecule has 0 aliphatic carbocycles. The van der Waals surface area contributed by atoms with Gasteiger partial charge in [0, 0.05) is 24.2 Å². The third-order valence-corrected chi connectivity index (χ3v) is 4.36. The van der Waals surface area contributed by atoms with Crippen molar-refractivity contribution >= 4 is 5.91 Å². The molecule has 1 aliphatic heterocycles. The van der Waals surface area contributed by atoms with E-state index in [9.17, 15) is 9.90 Å². The van der Waals surface area contributed by atoms with Gasteiger partial charge in [-0.05, 0) is 35.9 Å². The predicted molar refractivity (Wildman–Crippen MR) is 100 cm³/mol. The van der Waals surface area contributed by atoms with Gasteiger partial charge in [0.25, 0.3) is 5.91 Å². The molecule has 0 saturated carbocycles. The predicted octanol–water partition coefficient (Wildman–Crippen LogP) is 1.56. The maximum Gasteiger partial charge on any atom is 0.254 e. The van der Waals surface area contributed by atoms with E-state index in [0.717, 1.165) is 16.9 Å². The van der Waals surface area contributed by atoms with E-state index in [-0.39, 0.29) is 12.5 Å². The average Bonchev–Trinajstić information content (AvgIpc) is 2.93. The molecule has 3 rings (SSSR count). The normalized spacial score (nSPS) is 13.4. The molecule has 144 valence electrons. The molecule has 0 radical (unpaired) electrons. The summed E-state index contributed by atoms with van der Waals surface area (Å²) in [5, 5.41) is 9.36. The van der Waals surface area contributed by atoms with Crippen LogP contribution in [0.2, 0.25) is 0 Å². The smallest absolute Gasteiger partial charge is 0.254 e. The van der Waals surface area contributed by atoms with Gasteiger partial charge >= 0.3 is 0 Å². The van der Waals surface area contributed by atoms with Crippen molar-refractivity contribution in [1.82, 2.24) is 4.90 Å². The molecule has 3 N–H and O–H groups in total. The Bertz CT molecular complexity index is 809. The van der Waals surface area contributed by atoms with Crippen LogP contribution in [0.1, 0.15) is 21.5 Å². The highest BCUT2D eigenvalue weighted by Crippen LogP contribution is 2.30. The van der Waals surface area contributed by atoms with E-state index in [2.05, 4.69) is 0 Å². The highest BCUT2D eigenvalue weighted by Gasteiger charge is 2.22. The van der Waals surface area contributed by atoms with Crippen molar-refractivity contribution in [2.75, 3.05) is 33.4 Å². The lowest BCUT2D eigenvalue weighted by atomic mass is 10.1. The Kier molecular flexibility index (Phi) is 6.16. The first-order valence-electron chi connectivity index (χ1n) is 8.82. The lowest BCUT2D eigenvalue weighted by Crippen LogP contribution is -2.32. The van der Waals surface area contributed by atoms with Gasteiger partial charge in [0.05, 0.1) is 20.3 Å². The van der Waals surface area contributed by atoms with Crippen molar-refractivity contribution in [2.24, 2.45) is 5.73 Å². The number of carbonyl (C=O) groups excluding carboxylic acids is 1. The first-order valence-corrected chi connectivity index (χ1v) is 8.82. The fraction of sp³-hybridized carbons (Fsp3) is 0.350. The van der Waals surface area contributed by atoms with E-state index >= 15 is 0 Å². The van der Waals surface area contributed by atoms with Crippen LogP contribution >= 0.6 is 0 Å². The van der Waals surface area contributed by atoms with Crippen LogP contribution in [0.4, 0.5) is 0 Å². The molecule has 0 aromatic heterocycles. The topological polar surface area (TPSA) is 94.2 Å². The van der Waals surface area contributed by atoms with Crippen molar-refractivity contribution in [1.29, 1.82) is 0 Å². The number of amides is 1. The first kappa shape index (κ1) is 19.0. The fourth-order valence-corrected chi connectivity index (χ4v) is 2.99. The standard InChI is InChI=1S/C20H24N2O5/c1-25-18-5-3-15(11-19(18)26-8-6-21)20(24)22-7-9-27-17-4-2-14(13-23)10-16(17)12-22/h2-5,10-11,23H,6-9,12-13,21H2,1H3. The number of benzene rings is 2. The number of hydrogen-bond donors (Lipinski definition) is 2. The Morgan fingerprint density at radius 1 is 1.26 bits per heavy atom. The molecule has 0 atom stereocenters. The number of aliphatic hydroxyl groups is 1. The zero-order valence-corrected chi connectivity index (χ0v) is 15.3. The molecular weight excluding hydrogens is 348 g/mol. The molecule has 7 heteroatoms. The summed E-state index contributed by atoms with van der Waals surface area (Å²) in [5.41, 5.74) is 7.66. The molecule has 1 heterocycles. The molecule has 0 spiro atoms. The van der Waals surface area contributed by atoms with Gasteiger partial charge in [0.1, 0.15) is 19.0 Å². The molecule has 2 aromatic carbocycles. The van der Waals surface area contributed by atoms with Gasteiger partial charge in [0.2, 0.25) is 0 Å². The van der Waals surface area contributed by atoms with Gasteiger partial charge in [-0.3, -0.25) is 4.79 Å². The number of nitrogens with two attached hydrogens (primary N) is 1. The Hall–Kier alpha value is -2.77. The van der Waals surface area contributed by atoms with Crippen LogP contribution < -0.4 is 19.9 Å². The van der Waals surface area contributed by atoms with Crippen molar-refractivity contribution in [3.8, 4) is 17.2 Å². The molecule has 1 amide bonds. The number of aliphatic hydroxyl groups excluding tert-OH is 1. The average molecular weight is 372 g/mol. The summed E-state index contributed by atoms with van der Waals surface area (Å²) in [5.74, 6) is 1.66. The van der Waals surface area contributed by atoms with Crippen LogP contribution in [0.3, 0.4) is 0 Å². The van der Waals surface area contributed by atoms with Crippen molar-refractivity contribution in [2.45, 2.75) is 13.2 Å². The van der Waals surface area contributed by atoms with Gasteiger partial charge in [-0.25, -0.2) is 0 Å². The summed E-state index contributed by atoms with van der Waals surface area (Å²) in [7, 11) is 1.55. The zero-order chi connectivity index (χ0) is 19.2. The summed E-state index contributed by atoms with van der Waals surface area (Å²) in [6, 6.07) is 10.6. The summed E-state index contributed by atoms with van der Waals surface area (Å²) in [6.07, 6.45) is 0. The van der Waals surface area contributed by atoms with Gasteiger partial charge in [0.15, 0.2) is 11.5 Å². The Morgan fingerprint density at radius 2 is 2.11 bits per heavy atom. The summed E-state index contributed by atoms with van der Waals surface area (Å²) in [4.78, 5) is 14.8. The molecule has 0 bridgehead atoms. The van der Waals surface area contributed by atoms with E-state index in [1.165, 1.54) is 0 Å². The van der Waals surface area contributed by atoms with Crippen LogP contribution in [-0.2, 0) is 13.2 Å². The van der Waals surface area contributed by atoms with Gasteiger partial charge in [-0.15, -0.1) is 0 Å². The third kappa shape index (κ3) is 4.32. The van der Waals surface area contributed by atoms with Gasteiger partial charge in [-0.1, -0.05) is 6.07 Å². The van der Waals surface area contributed by atoms with Crippen LogP contribution in [0, 0.1) is 0 Å². The van der Waals surface area contributed by atoms with E-state index in [1.54, 1.807) is 30.2 Å². The molecule has 0 saturated heterocycles. The minimum absolute atomic E-state index is 0.0540. The largest absolute Gasteiger partial charge is 0.493 e. The number of methoxy groups -OCH3 is 1. The second-order valence-electron chi connectivity index (χ2n) is 6.18. The summed E-state index contributed by atoms with van der Waals surface area (Å²) >= 11 is 0. The fourth-order valence-electron chi connectivity index (χ4n) is 2.99. The lowest BCUT2D eigenvalue weighted by molar-refractivity contribution is 0.0732. The highest BCUT2D eigenvalue weighted by molar-refractivity contribution is 5.95. The second-order valence-corrected chi connectivity index (χ2v) is 6.18. The minimum atomic E-state index is -0.124. The molecular formula is C20H24N2O5. The minimum Gasteiger partial charge on any atom is -0.493 e. The van der Waals surface area contributed by atoms with Crippen molar-refractivity contribution in [3.05, 3.63) is 53.1 Å². The quantitative estimate of drug-likeness (QED) is 0.799. The molecule has 7 nitrogen and oxygen atoms in total. The molecule has 27 heavy (non-hydrogen) atoms. The van der Waals surface area contributed by atoms with Crippen LogP contribution in [0.5, 0.6) is 17.2 Å². The Balaban J connectivity index is 1.84. The SMILES string of the molecule is COc1ccc(C(=O)N2CCOc3ccc(CO)cc3C2)cc1OCCN. The maximum absolute atomic E-state index is 13.0. The van der Waals surface area contributed by atoms with Crippen LogP contribution in [-0.4, -0.2) is 49.3 Å². The van der Waals surface area contributed by atoms with Crippen LogP contribution in [0.15, 0.2) is 36.4 Å². The number of carbonyl (C=O) groups is 1. The number of fused-ring (bicyclic) bond motifs is 1. The van der Waals surface area contributed by atoms with E-state index < -0.39 is 0 Å². The van der Waals surface area contributed by atoms with E-state index in [0.29, 0.717) is 49.9 Å². The third-order valence-electron chi connectivity index (χ3n) is 4.36. The van der Waals surface area contributed by atoms with E-state index in [1.807, 2.05) is 18.2 Å². The van der Waals surface area contributed by atoms with Gasteiger partial charge < -0.3 is 30.0 Å². The number of ether oxygens (including phenoxy) is 3. The van der Waals surface area contributed by atoms with Crippen molar-refractivity contribution in [3.63, 3.8) is 0 Å². The highest BCUT2D eigenvalue weighted by atomic mass is 16.5. The number of rotatable bonds is 6. The number of nitrogens with zero attached hydrogens (tertiary/aromatic N) is 1. The summed E-state index contributed by atoms with van der Waals surface area (Å²) in [6.45, 7) is 1.93. The van der Waals surface area contributed by atoms with E-state index in [4.69, 9.17) is 19.9 Å². The Morgan fingerprint density at radius 3 is 2.85 bits per heavy atom. The first-order chi connectivity index (χ1) is 13.2. The molecule has 0 unspecified atom stereocenters. The Labute approximate surface area is 158 Å². The number of hydrogen-bond acceptors (Lipinski definition) is 6. The second kappa shape index (κ2) is 8.75.